The molecule has 104 valence electrons. The highest BCUT2D eigenvalue weighted by Crippen LogP contribution is 2.19. The molecule has 0 spiro atoms. The van der Waals surface area contributed by atoms with Crippen LogP contribution in [0.2, 0.25) is 0 Å². The predicted octanol–water partition coefficient (Wildman–Crippen LogP) is 1.97. The van der Waals surface area contributed by atoms with Gasteiger partial charge >= 0.3 is 0 Å². The van der Waals surface area contributed by atoms with Crippen LogP contribution in [-0.4, -0.2) is 20.9 Å². The van der Waals surface area contributed by atoms with Gasteiger partial charge in [0.1, 0.15) is 15.7 Å². The van der Waals surface area contributed by atoms with Gasteiger partial charge in [-0.1, -0.05) is 12.2 Å². The van der Waals surface area contributed by atoms with E-state index in [0.717, 1.165) is 9.88 Å². The van der Waals surface area contributed by atoms with E-state index in [1.807, 2.05) is 13.8 Å². The fourth-order valence-corrected chi connectivity index (χ4v) is 2.48. The van der Waals surface area contributed by atoms with Crippen LogP contribution in [0.5, 0.6) is 0 Å². The van der Waals surface area contributed by atoms with Crippen LogP contribution in [0.3, 0.4) is 0 Å². The highest BCUT2D eigenvalue weighted by molar-refractivity contribution is 7.80. The monoisotopic (exact) mass is 306 g/mol. The lowest BCUT2D eigenvalue weighted by Gasteiger charge is -2.10. The van der Waals surface area contributed by atoms with E-state index in [4.69, 9.17) is 18.0 Å². The minimum Gasteiger partial charge on any atom is -0.389 e. The van der Waals surface area contributed by atoms with Gasteiger partial charge in [0, 0.05) is 22.8 Å². The molecular formula is C13H14N4OS2. The molecule has 0 aliphatic heterocycles. The molecule has 7 heteroatoms. The maximum absolute atomic E-state index is 12.1. The standard InChI is InChI=1S/C13H14N4OS2/c1-7-5-16-13(20-7)8(2)17-12(18)10-4-3-9(6-15-10)11(14)19/h3-6,8H,1-2H3,(H2,14,19)(H,17,18). The summed E-state index contributed by atoms with van der Waals surface area (Å²) in [7, 11) is 0. The van der Waals surface area contributed by atoms with Crippen LogP contribution in [0.25, 0.3) is 0 Å². The second kappa shape index (κ2) is 6.06. The third-order valence-corrected chi connectivity index (χ3v) is 3.97. The summed E-state index contributed by atoms with van der Waals surface area (Å²) in [6.45, 7) is 3.87. The minimum atomic E-state index is -0.250. The third kappa shape index (κ3) is 3.37. The van der Waals surface area contributed by atoms with Crippen LogP contribution in [0.4, 0.5) is 0 Å². The Morgan fingerprint density at radius 2 is 2.15 bits per heavy atom. The number of hydrogen-bond donors (Lipinski definition) is 2. The van der Waals surface area contributed by atoms with Crippen molar-refractivity contribution in [3.05, 3.63) is 45.7 Å². The van der Waals surface area contributed by atoms with Crippen LogP contribution < -0.4 is 11.1 Å². The lowest BCUT2D eigenvalue weighted by atomic mass is 10.2. The Hall–Kier alpha value is -1.86. The van der Waals surface area contributed by atoms with Crippen molar-refractivity contribution in [1.82, 2.24) is 15.3 Å². The minimum absolute atomic E-state index is 0.154. The number of nitrogens with one attached hydrogen (secondary N) is 1. The van der Waals surface area contributed by atoms with Crippen molar-refractivity contribution in [2.45, 2.75) is 19.9 Å². The molecule has 2 rings (SSSR count). The molecule has 3 N–H and O–H groups in total. The molecule has 0 aliphatic carbocycles. The fourth-order valence-electron chi connectivity index (χ4n) is 1.58. The first-order valence-corrected chi connectivity index (χ1v) is 7.19. The SMILES string of the molecule is Cc1cnc(C(C)NC(=O)c2ccc(C(N)=S)cn2)s1. The Morgan fingerprint density at radius 3 is 2.65 bits per heavy atom. The Kier molecular flexibility index (Phi) is 4.41. The molecule has 0 bridgehead atoms. The smallest absolute Gasteiger partial charge is 0.270 e. The number of thiocarbonyl (C=S) groups is 1. The molecule has 2 aromatic rings. The zero-order valence-corrected chi connectivity index (χ0v) is 12.7. The summed E-state index contributed by atoms with van der Waals surface area (Å²) in [5.41, 5.74) is 6.45. The number of pyridine rings is 1. The quantitative estimate of drug-likeness (QED) is 0.844. The van der Waals surface area contributed by atoms with Gasteiger partial charge in [-0.25, -0.2) is 4.98 Å². The van der Waals surface area contributed by atoms with Gasteiger partial charge in [-0.3, -0.25) is 9.78 Å². The van der Waals surface area contributed by atoms with Crippen molar-refractivity contribution < 1.29 is 4.79 Å². The van der Waals surface area contributed by atoms with Crippen LogP contribution in [0.1, 0.15) is 38.9 Å². The van der Waals surface area contributed by atoms with Gasteiger partial charge in [0.05, 0.1) is 6.04 Å². The largest absolute Gasteiger partial charge is 0.389 e. The van der Waals surface area contributed by atoms with Crippen molar-refractivity contribution in [3.8, 4) is 0 Å². The van der Waals surface area contributed by atoms with E-state index in [1.54, 1.807) is 29.7 Å². The van der Waals surface area contributed by atoms with Crippen molar-refractivity contribution in [1.29, 1.82) is 0 Å². The molecule has 20 heavy (non-hydrogen) atoms. The summed E-state index contributed by atoms with van der Waals surface area (Å²) in [5, 5.41) is 3.73. The molecule has 1 amide bonds. The van der Waals surface area contributed by atoms with E-state index >= 15 is 0 Å². The first-order valence-electron chi connectivity index (χ1n) is 5.96. The maximum Gasteiger partial charge on any atom is 0.270 e. The first kappa shape index (κ1) is 14.5. The molecule has 0 aliphatic rings. The highest BCUT2D eigenvalue weighted by atomic mass is 32.1. The Morgan fingerprint density at radius 1 is 1.40 bits per heavy atom. The summed E-state index contributed by atoms with van der Waals surface area (Å²) in [6, 6.07) is 3.13. The van der Waals surface area contributed by atoms with E-state index in [9.17, 15) is 4.79 Å². The van der Waals surface area contributed by atoms with Crippen molar-refractivity contribution in [2.24, 2.45) is 5.73 Å². The molecule has 0 aromatic carbocycles. The number of carbonyl (C=O) groups excluding carboxylic acids is 1. The number of nitrogens with zero attached hydrogens (tertiary/aromatic N) is 2. The van der Waals surface area contributed by atoms with Gasteiger partial charge in [0.15, 0.2) is 0 Å². The van der Waals surface area contributed by atoms with Crippen LogP contribution in [0.15, 0.2) is 24.5 Å². The average Bonchev–Trinajstić information content (AvgIpc) is 2.85. The lowest BCUT2D eigenvalue weighted by Crippen LogP contribution is -2.27. The zero-order valence-electron chi connectivity index (χ0n) is 11.1. The second-order valence-electron chi connectivity index (χ2n) is 4.30. The van der Waals surface area contributed by atoms with Gasteiger partial charge < -0.3 is 11.1 Å². The van der Waals surface area contributed by atoms with Crippen LogP contribution in [-0.2, 0) is 0 Å². The van der Waals surface area contributed by atoms with Crippen molar-refractivity contribution >= 4 is 34.5 Å². The third-order valence-electron chi connectivity index (χ3n) is 2.64. The van der Waals surface area contributed by atoms with E-state index in [2.05, 4.69) is 15.3 Å². The molecule has 0 fully saturated rings. The summed E-state index contributed by atoms with van der Waals surface area (Å²) < 4.78 is 0. The summed E-state index contributed by atoms with van der Waals surface area (Å²) in [4.78, 5) is 21.7. The highest BCUT2D eigenvalue weighted by Gasteiger charge is 2.15. The van der Waals surface area contributed by atoms with Crippen molar-refractivity contribution in [3.63, 3.8) is 0 Å². The maximum atomic E-state index is 12.1. The van der Waals surface area contributed by atoms with Crippen LogP contribution in [0, 0.1) is 6.92 Å². The first-order chi connectivity index (χ1) is 9.47. The van der Waals surface area contributed by atoms with E-state index in [0.29, 0.717) is 11.3 Å². The average molecular weight is 306 g/mol. The molecule has 1 unspecified atom stereocenters. The molecule has 1 atom stereocenters. The Balaban J connectivity index is 2.06. The normalized spacial score (nSPS) is 11.9. The van der Waals surface area contributed by atoms with Gasteiger partial charge in [0.25, 0.3) is 5.91 Å². The Bertz CT molecular complexity index is 636. The molecular weight excluding hydrogens is 292 g/mol. The Labute approximate surface area is 126 Å². The number of carbonyl (C=O) groups is 1. The molecule has 2 heterocycles. The van der Waals surface area contributed by atoms with E-state index in [1.165, 1.54) is 6.20 Å². The molecule has 0 radical (unpaired) electrons. The second-order valence-corrected chi connectivity index (χ2v) is 6.01. The number of aromatic nitrogens is 2. The lowest BCUT2D eigenvalue weighted by molar-refractivity contribution is 0.0935. The van der Waals surface area contributed by atoms with Gasteiger partial charge in [-0.2, -0.15) is 0 Å². The van der Waals surface area contributed by atoms with Gasteiger partial charge in [-0.05, 0) is 26.0 Å². The number of rotatable bonds is 4. The summed E-state index contributed by atoms with van der Waals surface area (Å²) >= 11 is 6.40. The van der Waals surface area contributed by atoms with Gasteiger partial charge in [-0.15, -0.1) is 11.3 Å². The van der Waals surface area contributed by atoms with Crippen molar-refractivity contribution in [2.75, 3.05) is 0 Å². The zero-order chi connectivity index (χ0) is 14.7. The predicted molar refractivity (Wildman–Crippen MR) is 82.9 cm³/mol. The van der Waals surface area contributed by atoms with E-state index in [-0.39, 0.29) is 16.9 Å². The molecule has 0 saturated heterocycles. The van der Waals surface area contributed by atoms with Gasteiger partial charge in [0.2, 0.25) is 0 Å². The number of amides is 1. The molecule has 0 saturated carbocycles. The molecule has 2 aromatic heterocycles. The number of aryl methyl sites for hydroxylation is 1. The fraction of sp³-hybridized carbons (Fsp3) is 0.231. The summed E-state index contributed by atoms with van der Waals surface area (Å²) in [5.74, 6) is -0.250. The number of hydrogen-bond acceptors (Lipinski definition) is 5. The summed E-state index contributed by atoms with van der Waals surface area (Å²) in [6.07, 6.45) is 3.29. The van der Waals surface area contributed by atoms with Crippen LogP contribution >= 0.6 is 23.6 Å². The number of nitrogens with two attached hydrogens (primary N) is 1. The molecule has 5 nitrogen and oxygen atoms in total. The van der Waals surface area contributed by atoms with E-state index < -0.39 is 0 Å². The number of thiazole rings is 1. The topological polar surface area (TPSA) is 80.9 Å².